The van der Waals surface area contributed by atoms with Gasteiger partial charge in [-0.2, -0.15) is 74.6 Å². The Morgan fingerprint density at radius 2 is 0.935 bits per heavy atom. The number of hydrogen-bond acceptors (Lipinski definition) is 4. The SMILES string of the molecule is C[N+](C)(C)CCOP(=O)([O-])OCCCCCCCCC#CC(F)(F)C(F)(F)C(F)(F)C(F)(F)C(F)(F)C(F)(F)C(F)(F)C(F)(F)F. The largest absolute Gasteiger partial charge is 0.756 e. The number of nitrogens with zero attached hydrogens (tertiary/aromatic N) is 1. The Morgan fingerprint density at radius 3 is 1.37 bits per heavy atom. The van der Waals surface area contributed by atoms with Crippen LogP contribution in [0.1, 0.15) is 44.9 Å². The van der Waals surface area contributed by atoms with Gasteiger partial charge in [0.25, 0.3) is 7.82 Å². The van der Waals surface area contributed by atoms with Gasteiger partial charge in [0.05, 0.1) is 27.7 Å². The molecule has 0 fully saturated rings. The molecule has 0 aromatic rings. The molecule has 274 valence electrons. The van der Waals surface area contributed by atoms with Crippen LogP contribution < -0.4 is 4.89 Å². The van der Waals surface area contributed by atoms with Gasteiger partial charge in [-0.1, -0.05) is 31.6 Å². The van der Waals surface area contributed by atoms with E-state index in [0.29, 0.717) is 23.9 Å². The molecule has 23 heteroatoms. The Hall–Kier alpha value is -1.56. The number of halogens is 17. The second-order valence-corrected chi connectivity index (χ2v) is 12.2. The van der Waals surface area contributed by atoms with E-state index >= 15 is 0 Å². The number of phosphoric ester groups is 1. The van der Waals surface area contributed by atoms with Crippen LogP contribution in [0.5, 0.6) is 0 Å². The molecule has 0 radical (unpaired) electrons. The quantitative estimate of drug-likeness (QED) is 0.0445. The average Bonchev–Trinajstić information content (AvgIpc) is 2.84. The molecule has 0 aliphatic rings. The zero-order valence-corrected chi connectivity index (χ0v) is 24.9. The van der Waals surface area contributed by atoms with E-state index in [9.17, 15) is 84.1 Å². The molecule has 1 atom stereocenters. The summed E-state index contributed by atoms with van der Waals surface area (Å²) in [6, 6.07) is 0. The van der Waals surface area contributed by atoms with Crippen molar-refractivity contribution in [3.8, 4) is 11.8 Å². The summed E-state index contributed by atoms with van der Waals surface area (Å²) in [4.78, 5) is 11.6. The molecular weight excluding hydrogens is 708 g/mol. The Labute approximate surface area is 251 Å². The van der Waals surface area contributed by atoms with E-state index in [1.807, 2.05) is 0 Å². The number of likely N-dealkylation sites (N-methyl/N-ethyl adjacent to an activating group) is 1. The zero-order valence-electron chi connectivity index (χ0n) is 24.0. The second kappa shape index (κ2) is 14.9. The van der Waals surface area contributed by atoms with E-state index in [-0.39, 0.29) is 44.8 Å². The highest BCUT2D eigenvalue weighted by Gasteiger charge is 2.95. The Bertz CT molecular complexity index is 1090. The summed E-state index contributed by atoms with van der Waals surface area (Å²) in [5, 5.41) is 0. The average molecular weight is 737 g/mol. The summed E-state index contributed by atoms with van der Waals surface area (Å²) >= 11 is 0. The molecule has 46 heavy (non-hydrogen) atoms. The number of quaternary nitrogens is 1. The lowest BCUT2D eigenvalue weighted by Gasteiger charge is -2.42. The first-order valence-electron chi connectivity index (χ1n) is 12.8. The van der Waals surface area contributed by atoms with E-state index < -0.39 is 61.9 Å². The molecule has 0 rings (SSSR count). The maximum absolute atomic E-state index is 13.8. The molecule has 0 heterocycles. The summed E-state index contributed by atoms with van der Waals surface area (Å²) in [7, 11) is 0.822. The van der Waals surface area contributed by atoms with Crippen molar-refractivity contribution in [3.63, 3.8) is 0 Å². The van der Waals surface area contributed by atoms with Crippen molar-refractivity contribution >= 4 is 7.82 Å². The molecular formula is C23H29F17NO4P. The van der Waals surface area contributed by atoms with E-state index in [4.69, 9.17) is 0 Å². The molecule has 0 aromatic heterocycles. The second-order valence-electron chi connectivity index (χ2n) is 10.8. The minimum atomic E-state index is -8.67. The van der Waals surface area contributed by atoms with Gasteiger partial charge in [0, 0.05) is 6.42 Å². The van der Waals surface area contributed by atoms with E-state index in [2.05, 4.69) is 9.05 Å². The molecule has 0 saturated carbocycles. The minimum Gasteiger partial charge on any atom is -0.756 e. The highest BCUT2D eigenvalue weighted by molar-refractivity contribution is 7.45. The molecule has 0 bridgehead atoms. The molecule has 1 unspecified atom stereocenters. The van der Waals surface area contributed by atoms with Gasteiger partial charge in [0.2, 0.25) is 0 Å². The van der Waals surface area contributed by atoms with Crippen LogP contribution in [0.4, 0.5) is 74.6 Å². The predicted molar refractivity (Wildman–Crippen MR) is 123 cm³/mol. The molecule has 0 aliphatic carbocycles. The third kappa shape index (κ3) is 9.98. The molecule has 0 amide bonds. The van der Waals surface area contributed by atoms with Crippen LogP contribution in [0, 0.1) is 11.8 Å². The Balaban J connectivity index is 5.14. The fourth-order valence-corrected chi connectivity index (χ4v) is 3.81. The standard InChI is InChI=1S/C23H29F17NO4P/c1-41(2,3)13-15-45-46(42,43)44-14-11-9-7-5-4-6-8-10-12-16(24,25)17(26,27)18(28,29)19(30,31)20(32,33)21(34,35)22(36,37)23(38,39)40/h4-9,11,13-15H2,1-3H3. The van der Waals surface area contributed by atoms with Crippen molar-refractivity contribution in [1.29, 1.82) is 0 Å². The fraction of sp³-hybridized carbons (Fsp3) is 0.913. The van der Waals surface area contributed by atoms with Crippen LogP contribution >= 0.6 is 7.82 Å². The molecule has 0 spiro atoms. The van der Waals surface area contributed by atoms with Gasteiger partial charge in [-0.25, -0.2) is 0 Å². The van der Waals surface area contributed by atoms with Crippen molar-refractivity contribution in [2.75, 3.05) is 40.9 Å². The number of alkyl halides is 17. The summed E-state index contributed by atoms with van der Waals surface area (Å²) in [5.41, 5.74) is 0. The lowest BCUT2D eigenvalue weighted by Crippen LogP contribution is -2.74. The van der Waals surface area contributed by atoms with Crippen LogP contribution in [-0.4, -0.2) is 93.0 Å². The van der Waals surface area contributed by atoms with Gasteiger partial charge in [-0.15, -0.1) is 0 Å². The van der Waals surface area contributed by atoms with Crippen molar-refractivity contribution in [2.24, 2.45) is 0 Å². The van der Waals surface area contributed by atoms with Crippen molar-refractivity contribution < 1.29 is 97.6 Å². The normalized spacial score (nSPS) is 16.2. The van der Waals surface area contributed by atoms with Gasteiger partial charge in [0.15, 0.2) is 0 Å². The van der Waals surface area contributed by atoms with E-state index in [0.717, 1.165) is 5.92 Å². The molecule has 0 aliphatic heterocycles. The van der Waals surface area contributed by atoms with Gasteiger partial charge in [-0.05, 0) is 18.8 Å². The fourth-order valence-electron chi connectivity index (χ4n) is 3.08. The lowest BCUT2D eigenvalue weighted by molar-refractivity contribution is -0.870. The van der Waals surface area contributed by atoms with Gasteiger partial charge in [-0.3, -0.25) is 4.57 Å². The van der Waals surface area contributed by atoms with Crippen LogP contribution in [-0.2, 0) is 13.6 Å². The Morgan fingerprint density at radius 1 is 0.565 bits per heavy atom. The van der Waals surface area contributed by atoms with Crippen molar-refractivity contribution in [2.45, 2.75) is 92.6 Å². The van der Waals surface area contributed by atoms with Crippen molar-refractivity contribution in [1.82, 2.24) is 0 Å². The summed E-state index contributed by atoms with van der Waals surface area (Å²) in [5.74, 6) is -55.7. The molecule has 0 aromatic carbocycles. The first-order chi connectivity index (χ1) is 20.2. The highest BCUT2D eigenvalue weighted by atomic mass is 31.2. The lowest BCUT2D eigenvalue weighted by atomic mass is 9.89. The third-order valence-corrected chi connectivity index (χ3v) is 6.92. The van der Waals surface area contributed by atoms with Gasteiger partial charge < -0.3 is 18.4 Å². The van der Waals surface area contributed by atoms with Crippen LogP contribution in [0.25, 0.3) is 0 Å². The maximum atomic E-state index is 13.8. The van der Waals surface area contributed by atoms with E-state index in [1.54, 1.807) is 21.1 Å². The monoisotopic (exact) mass is 737 g/mol. The number of unbranched alkanes of at least 4 members (excludes halogenated alkanes) is 6. The van der Waals surface area contributed by atoms with Crippen LogP contribution in [0.2, 0.25) is 0 Å². The van der Waals surface area contributed by atoms with Crippen molar-refractivity contribution in [3.05, 3.63) is 0 Å². The molecule has 5 nitrogen and oxygen atoms in total. The summed E-state index contributed by atoms with van der Waals surface area (Å²) in [6.45, 7) is -0.0216. The topological polar surface area (TPSA) is 58.6 Å². The minimum absolute atomic E-state index is 0.0850. The van der Waals surface area contributed by atoms with Crippen LogP contribution in [0.3, 0.4) is 0 Å². The van der Waals surface area contributed by atoms with E-state index in [1.165, 1.54) is 0 Å². The van der Waals surface area contributed by atoms with Crippen LogP contribution in [0.15, 0.2) is 0 Å². The number of hydrogen-bond donors (Lipinski definition) is 0. The first kappa shape index (κ1) is 44.4. The summed E-state index contributed by atoms with van der Waals surface area (Å²) in [6.07, 6.45) is -7.56. The zero-order chi connectivity index (χ0) is 36.9. The molecule has 0 saturated heterocycles. The molecule has 0 N–H and O–H groups in total. The number of rotatable bonds is 19. The third-order valence-electron chi connectivity index (χ3n) is 5.92. The first-order valence-corrected chi connectivity index (χ1v) is 14.2. The number of phosphoric acid groups is 1. The van der Waals surface area contributed by atoms with Gasteiger partial charge in [0.1, 0.15) is 13.2 Å². The highest BCUT2D eigenvalue weighted by Crippen LogP contribution is 2.63. The predicted octanol–water partition coefficient (Wildman–Crippen LogP) is 7.94. The summed E-state index contributed by atoms with van der Waals surface area (Å²) < 4.78 is 246. The Kier molecular flexibility index (Phi) is 14.4. The smallest absolute Gasteiger partial charge is 0.460 e. The van der Waals surface area contributed by atoms with Gasteiger partial charge >= 0.3 is 47.6 Å². The maximum Gasteiger partial charge on any atom is 0.460 e.